The Hall–Kier alpha value is -3.59. The lowest BCUT2D eigenvalue weighted by Gasteiger charge is -2.18. The summed E-state index contributed by atoms with van der Waals surface area (Å²) in [6, 6.07) is 3.12. The van der Waals surface area contributed by atoms with Crippen LogP contribution in [-0.2, 0) is 4.79 Å². The van der Waals surface area contributed by atoms with Crippen molar-refractivity contribution in [2.24, 2.45) is 0 Å². The number of benzene rings is 1. The van der Waals surface area contributed by atoms with Gasteiger partial charge >= 0.3 is 5.97 Å². The number of carbonyl (C=O) groups excluding carboxylic acids is 2. The van der Waals surface area contributed by atoms with Crippen molar-refractivity contribution in [3.63, 3.8) is 0 Å². The number of hydrogen-bond acceptors (Lipinski definition) is 5. The Balaban J connectivity index is 1.96. The van der Waals surface area contributed by atoms with Crippen LogP contribution in [0.15, 0.2) is 12.1 Å². The smallest absolute Gasteiger partial charge is 0.340 e. The van der Waals surface area contributed by atoms with Gasteiger partial charge in [0, 0.05) is 30.0 Å². The van der Waals surface area contributed by atoms with E-state index in [0.717, 1.165) is 19.6 Å². The van der Waals surface area contributed by atoms with Gasteiger partial charge in [-0.3, -0.25) is 9.59 Å². The fourth-order valence-corrected chi connectivity index (χ4v) is 4.15. The fourth-order valence-electron chi connectivity index (χ4n) is 4.15. The fraction of sp³-hybridized carbons (Fsp3) is 0.375. The number of amides is 2. The highest BCUT2D eigenvalue weighted by atomic mass is 16.5. The van der Waals surface area contributed by atoms with Crippen LogP contribution in [-0.4, -0.2) is 66.1 Å². The van der Waals surface area contributed by atoms with Crippen molar-refractivity contribution in [3.8, 4) is 5.75 Å². The van der Waals surface area contributed by atoms with Crippen LogP contribution in [0.2, 0.25) is 0 Å². The molecule has 1 aromatic carbocycles. The number of H-pyrrole nitrogens is 1. The summed E-state index contributed by atoms with van der Waals surface area (Å²) in [4.78, 5) is 42.9. The summed E-state index contributed by atoms with van der Waals surface area (Å²) in [5, 5.41) is 15.4. The van der Waals surface area contributed by atoms with E-state index in [0.29, 0.717) is 34.7 Å². The van der Waals surface area contributed by atoms with E-state index >= 15 is 0 Å². The minimum absolute atomic E-state index is 0.0881. The van der Waals surface area contributed by atoms with Crippen LogP contribution in [0.4, 0.5) is 5.69 Å². The second-order valence-electron chi connectivity index (χ2n) is 7.83. The van der Waals surface area contributed by atoms with E-state index in [4.69, 9.17) is 4.74 Å². The zero-order valence-corrected chi connectivity index (χ0v) is 19.6. The maximum absolute atomic E-state index is 12.8. The van der Waals surface area contributed by atoms with E-state index in [2.05, 4.69) is 34.4 Å². The number of fused-ring (bicyclic) bond motifs is 1. The standard InChI is InChI=1S/C24H30N4O5/c1-6-28(7-2)11-10-25-23(30)19-13(3)17(26-14(19)4)12-15-20-16(27-22(15)29)8-9-18(33-5)21(20)24(31)32/h8-9,12,26H,6-7,10-11H2,1-5H3,(H,25,30)(H,27,29)(H,31,32)/b15-12-. The first-order chi connectivity index (χ1) is 15.7. The number of aromatic carboxylic acids is 1. The predicted molar refractivity (Wildman–Crippen MR) is 127 cm³/mol. The van der Waals surface area contributed by atoms with Gasteiger partial charge in [0.05, 0.1) is 23.9 Å². The minimum Gasteiger partial charge on any atom is -0.496 e. The molecule has 9 heteroatoms. The van der Waals surface area contributed by atoms with Crippen LogP contribution in [0.5, 0.6) is 5.75 Å². The van der Waals surface area contributed by atoms with Crippen LogP contribution in [0.3, 0.4) is 0 Å². The molecule has 9 nitrogen and oxygen atoms in total. The number of hydrogen-bond donors (Lipinski definition) is 4. The molecule has 0 spiro atoms. The summed E-state index contributed by atoms with van der Waals surface area (Å²) in [6.45, 7) is 10.9. The molecule has 33 heavy (non-hydrogen) atoms. The third-order valence-electron chi connectivity index (χ3n) is 5.96. The maximum atomic E-state index is 12.8. The molecule has 4 N–H and O–H groups in total. The van der Waals surface area contributed by atoms with Crippen LogP contribution in [0.1, 0.15) is 57.1 Å². The first-order valence-corrected chi connectivity index (χ1v) is 10.9. The van der Waals surface area contributed by atoms with Crippen molar-refractivity contribution in [3.05, 3.63) is 45.8 Å². The van der Waals surface area contributed by atoms with E-state index in [1.807, 2.05) is 0 Å². The van der Waals surface area contributed by atoms with E-state index in [1.54, 1.807) is 26.0 Å². The molecule has 2 aromatic rings. The lowest BCUT2D eigenvalue weighted by molar-refractivity contribution is -0.110. The number of rotatable bonds is 9. The second-order valence-corrected chi connectivity index (χ2v) is 7.83. The van der Waals surface area contributed by atoms with E-state index in [9.17, 15) is 19.5 Å². The molecule has 0 bridgehead atoms. The highest BCUT2D eigenvalue weighted by Crippen LogP contribution is 2.40. The molecule has 0 saturated carbocycles. The predicted octanol–water partition coefficient (Wildman–Crippen LogP) is 2.90. The Bertz CT molecular complexity index is 1130. The average Bonchev–Trinajstić information content (AvgIpc) is 3.25. The number of aromatic nitrogens is 1. The van der Waals surface area contributed by atoms with Gasteiger partial charge in [-0.2, -0.15) is 0 Å². The highest BCUT2D eigenvalue weighted by Gasteiger charge is 2.32. The summed E-state index contributed by atoms with van der Waals surface area (Å²) in [7, 11) is 1.38. The lowest BCUT2D eigenvalue weighted by atomic mass is 9.98. The number of aromatic amines is 1. The van der Waals surface area contributed by atoms with Gasteiger partial charge in [0.15, 0.2) is 0 Å². The van der Waals surface area contributed by atoms with Gasteiger partial charge < -0.3 is 30.4 Å². The Morgan fingerprint density at radius 1 is 1.18 bits per heavy atom. The number of carbonyl (C=O) groups is 3. The molecule has 0 unspecified atom stereocenters. The van der Waals surface area contributed by atoms with Crippen molar-refractivity contribution in [2.75, 3.05) is 38.6 Å². The number of aryl methyl sites for hydroxylation is 1. The quantitative estimate of drug-likeness (QED) is 0.432. The zero-order chi connectivity index (χ0) is 24.3. The third kappa shape index (κ3) is 4.63. The summed E-state index contributed by atoms with van der Waals surface area (Å²) < 4.78 is 5.20. The molecule has 1 aromatic heterocycles. The highest BCUT2D eigenvalue weighted by molar-refractivity contribution is 6.36. The van der Waals surface area contributed by atoms with Crippen LogP contribution in [0, 0.1) is 13.8 Å². The maximum Gasteiger partial charge on any atom is 0.340 e. The Morgan fingerprint density at radius 3 is 2.48 bits per heavy atom. The molecular formula is C24H30N4O5. The normalized spacial score (nSPS) is 13.9. The number of carboxylic acids is 1. The zero-order valence-electron chi connectivity index (χ0n) is 19.6. The van der Waals surface area contributed by atoms with Gasteiger partial charge in [0.1, 0.15) is 11.3 Å². The first-order valence-electron chi connectivity index (χ1n) is 10.9. The molecule has 176 valence electrons. The lowest BCUT2D eigenvalue weighted by Crippen LogP contribution is -2.35. The van der Waals surface area contributed by atoms with Crippen molar-refractivity contribution < 1.29 is 24.2 Å². The van der Waals surface area contributed by atoms with E-state index in [1.165, 1.54) is 13.2 Å². The minimum atomic E-state index is -1.20. The molecule has 2 heterocycles. The monoisotopic (exact) mass is 454 g/mol. The molecule has 2 amide bonds. The number of anilines is 1. The number of nitrogens with one attached hydrogen (secondary N) is 3. The molecular weight excluding hydrogens is 424 g/mol. The Labute approximate surface area is 192 Å². The number of nitrogens with zero attached hydrogens (tertiary/aromatic N) is 1. The second kappa shape index (κ2) is 9.91. The number of carboxylic acid groups (broad SMARTS) is 1. The van der Waals surface area contributed by atoms with Gasteiger partial charge in [-0.15, -0.1) is 0 Å². The van der Waals surface area contributed by atoms with Gasteiger partial charge in [0.25, 0.3) is 11.8 Å². The van der Waals surface area contributed by atoms with E-state index in [-0.39, 0.29) is 28.4 Å². The van der Waals surface area contributed by atoms with Crippen LogP contribution in [0.25, 0.3) is 11.6 Å². The largest absolute Gasteiger partial charge is 0.496 e. The Kier molecular flexibility index (Phi) is 7.23. The van der Waals surface area contributed by atoms with Crippen LogP contribution >= 0.6 is 0 Å². The number of likely N-dealkylation sites (N-methyl/N-ethyl adjacent to an activating group) is 1. The van der Waals surface area contributed by atoms with Crippen molar-refractivity contribution in [2.45, 2.75) is 27.7 Å². The van der Waals surface area contributed by atoms with Crippen molar-refractivity contribution in [1.82, 2.24) is 15.2 Å². The summed E-state index contributed by atoms with van der Waals surface area (Å²) in [6.07, 6.45) is 1.59. The summed E-state index contributed by atoms with van der Waals surface area (Å²) in [5.41, 5.74) is 3.21. The van der Waals surface area contributed by atoms with Gasteiger partial charge in [0.2, 0.25) is 0 Å². The molecule has 0 radical (unpaired) electrons. The van der Waals surface area contributed by atoms with Crippen LogP contribution < -0.4 is 15.4 Å². The molecule has 1 aliphatic rings. The molecule has 0 fully saturated rings. The topological polar surface area (TPSA) is 124 Å². The summed E-state index contributed by atoms with van der Waals surface area (Å²) >= 11 is 0. The van der Waals surface area contributed by atoms with Gasteiger partial charge in [-0.05, 0) is 50.7 Å². The average molecular weight is 455 g/mol. The molecule has 0 saturated heterocycles. The van der Waals surface area contributed by atoms with Crippen molar-refractivity contribution in [1.29, 1.82) is 0 Å². The molecule has 0 atom stereocenters. The Morgan fingerprint density at radius 2 is 1.88 bits per heavy atom. The first kappa shape index (κ1) is 24.1. The van der Waals surface area contributed by atoms with Gasteiger partial charge in [-0.25, -0.2) is 4.79 Å². The number of ether oxygens (including phenoxy) is 1. The van der Waals surface area contributed by atoms with E-state index < -0.39 is 11.9 Å². The van der Waals surface area contributed by atoms with Crippen molar-refractivity contribution >= 4 is 35.1 Å². The molecule has 0 aliphatic carbocycles. The summed E-state index contributed by atoms with van der Waals surface area (Å²) in [5.74, 6) is -1.64. The number of methoxy groups -OCH3 is 1. The molecule has 3 rings (SSSR count). The third-order valence-corrected chi connectivity index (χ3v) is 5.96. The van der Waals surface area contributed by atoms with Gasteiger partial charge in [-0.1, -0.05) is 13.8 Å². The molecule has 1 aliphatic heterocycles. The SMILES string of the molecule is CCN(CC)CCNC(=O)c1c(C)[nH]c(/C=C2\C(=O)Nc3ccc(OC)c(C(=O)O)c32)c1C.